The summed E-state index contributed by atoms with van der Waals surface area (Å²) in [6.45, 7) is 5.84. The van der Waals surface area contributed by atoms with Gasteiger partial charge in [-0.15, -0.1) is 0 Å². The maximum absolute atomic E-state index is 12.5. The van der Waals surface area contributed by atoms with Crippen LogP contribution < -0.4 is 0 Å². The van der Waals surface area contributed by atoms with Gasteiger partial charge in [0.2, 0.25) is 5.91 Å². The van der Waals surface area contributed by atoms with Gasteiger partial charge in [-0.25, -0.2) is 0 Å². The summed E-state index contributed by atoms with van der Waals surface area (Å²) in [5.74, 6) is -1.33. The molecule has 130 valence electrons. The molecular weight excluding hydrogens is 330 g/mol. The molecule has 0 unspecified atom stereocenters. The average molecular weight is 352 g/mol. The average Bonchev–Trinajstić information content (AvgIpc) is 2.58. The van der Waals surface area contributed by atoms with Gasteiger partial charge >= 0.3 is 11.8 Å². The highest BCUT2D eigenvalue weighted by molar-refractivity contribution is 6.35. The molecule has 1 saturated heterocycles. The van der Waals surface area contributed by atoms with Crippen LogP contribution in [0, 0.1) is 0 Å². The Bertz CT molecular complexity index is 635. The van der Waals surface area contributed by atoms with Crippen LogP contribution in [0.4, 0.5) is 0 Å². The van der Waals surface area contributed by atoms with Gasteiger partial charge < -0.3 is 14.7 Å². The van der Waals surface area contributed by atoms with Gasteiger partial charge in [0.15, 0.2) is 0 Å². The van der Waals surface area contributed by atoms with E-state index >= 15 is 0 Å². The quantitative estimate of drug-likeness (QED) is 0.727. The topological polar surface area (TPSA) is 60.9 Å². The van der Waals surface area contributed by atoms with Crippen LogP contribution >= 0.6 is 11.6 Å². The number of nitrogens with zero attached hydrogens (tertiary/aromatic N) is 3. The van der Waals surface area contributed by atoms with Crippen molar-refractivity contribution in [1.82, 2.24) is 14.7 Å². The minimum atomic E-state index is -0.606. The molecule has 0 N–H and O–H groups in total. The zero-order valence-electron chi connectivity index (χ0n) is 14.0. The number of benzene rings is 1. The van der Waals surface area contributed by atoms with Crippen molar-refractivity contribution >= 4 is 29.3 Å². The molecule has 2 rings (SSSR count). The molecule has 0 spiro atoms. The van der Waals surface area contributed by atoms with Gasteiger partial charge in [-0.1, -0.05) is 29.8 Å². The lowest BCUT2D eigenvalue weighted by atomic mass is 10.2. The lowest BCUT2D eigenvalue weighted by molar-refractivity contribution is -0.157. The van der Waals surface area contributed by atoms with Crippen molar-refractivity contribution in [3.63, 3.8) is 0 Å². The number of rotatable bonds is 6. The second kappa shape index (κ2) is 8.15. The number of likely N-dealkylation sites (N-methyl/N-ethyl adjacent to an activating group) is 2. The second-order valence-electron chi connectivity index (χ2n) is 5.61. The molecule has 24 heavy (non-hydrogen) atoms. The van der Waals surface area contributed by atoms with Gasteiger partial charge in [-0.2, -0.15) is 0 Å². The summed E-state index contributed by atoms with van der Waals surface area (Å²) in [4.78, 5) is 41.0. The molecule has 1 aliphatic heterocycles. The van der Waals surface area contributed by atoms with Crippen molar-refractivity contribution in [3.8, 4) is 0 Å². The van der Waals surface area contributed by atoms with Crippen molar-refractivity contribution in [2.45, 2.75) is 20.4 Å². The van der Waals surface area contributed by atoms with Gasteiger partial charge in [0.1, 0.15) is 6.54 Å². The number of carbonyl (C=O) groups is 3. The first kappa shape index (κ1) is 18.3. The molecule has 0 radical (unpaired) electrons. The maximum atomic E-state index is 12.5. The zero-order chi connectivity index (χ0) is 17.7. The monoisotopic (exact) mass is 351 g/mol. The summed E-state index contributed by atoms with van der Waals surface area (Å²) in [7, 11) is 0. The Hall–Kier alpha value is -2.08. The van der Waals surface area contributed by atoms with Gasteiger partial charge in [0.25, 0.3) is 0 Å². The molecule has 0 aliphatic carbocycles. The Kier molecular flexibility index (Phi) is 6.20. The first-order chi connectivity index (χ1) is 11.5. The lowest BCUT2D eigenvalue weighted by Gasteiger charge is -2.34. The summed E-state index contributed by atoms with van der Waals surface area (Å²) in [5.41, 5.74) is 0.854. The molecule has 0 atom stereocenters. The van der Waals surface area contributed by atoms with Crippen LogP contribution in [0.15, 0.2) is 24.3 Å². The van der Waals surface area contributed by atoms with Crippen molar-refractivity contribution < 1.29 is 14.4 Å². The molecule has 1 fully saturated rings. The Morgan fingerprint density at radius 1 is 1.12 bits per heavy atom. The van der Waals surface area contributed by atoms with E-state index in [0.717, 1.165) is 5.56 Å². The van der Waals surface area contributed by atoms with Crippen LogP contribution in [0.5, 0.6) is 0 Å². The second-order valence-corrected chi connectivity index (χ2v) is 6.02. The first-order valence-electron chi connectivity index (χ1n) is 8.07. The van der Waals surface area contributed by atoms with Crippen LogP contribution in [0.25, 0.3) is 0 Å². The largest absolute Gasteiger partial charge is 0.337 e. The fourth-order valence-corrected chi connectivity index (χ4v) is 2.83. The third kappa shape index (κ3) is 4.06. The molecule has 0 aromatic heterocycles. The minimum absolute atomic E-state index is 0.0829. The van der Waals surface area contributed by atoms with E-state index in [2.05, 4.69) is 0 Å². The Labute approximate surface area is 147 Å². The van der Waals surface area contributed by atoms with Gasteiger partial charge in [0.05, 0.1) is 0 Å². The van der Waals surface area contributed by atoms with Crippen LogP contribution in [0.1, 0.15) is 19.4 Å². The summed E-state index contributed by atoms with van der Waals surface area (Å²) in [6, 6.07) is 7.35. The smallest absolute Gasteiger partial charge is 0.312 e. The highest BCUT2D eigenvalue weighted by Gasteiger charge is 2.33. The molecule has 7 heteroatoms. The highest BCUT2D eigenvalue weighted by Crippen LogP contribution is 2.17. The summed E-state index contributed by atoms with van der Waals surface area (Å²) < 4.78 is 0. The van der Waals surface area contributed by atoms with Crippen LogP contribution in [0.3, 0.4) is 0 Å². The van der Waals surface area contributed by atoms with E-state index < -0.39 is 11.8 Å². The van der Waals surface area contributed by atoms with Crippen LogP contribution in [-0.4, -0.2) is 65.1 Å². The Balaban J connectivity index is 2.01. The zero-order valence-corrected chi connectivity index (χ0v) is 14.8. The van der Waals surface area contributed by atoms with Crippen LogP contribution in [0.2, 0.25) is 5.02 Å². The number of hydrogen-bond donors (Lipinski definition) is 0. The van der Waals surface area contributed by atoms with Gasteiger partial charge in [0, 0.05) is 37.7 Å². The fraction of sp³-hybridized carbons (Fsp3) is 0.471. The number of halogens is 1. The van der Waals surface area contributed by atoms with E-state index in [-0.39, 0.29) is 12.5 Å². The van der Waals surface area contributed by atoms with E-state index in [1.807, 2.05) is 32.0 Å². The number of piperazine rings is 1. The lowest BCUT2D eigenvalue weighted by Crippen LogP contribution is -2.56. The maximum Gasteiger partial charge on any atom is 0.312 e. The van der Waals surface area contributed by atoms with Crippen molar-refractivity contribution in [2.75, 3.05) is 32.7 Å². The van der Waals surface area contributed by atoms with Crippen molar-refractivity contribution in [2.24, 2.45) is 0 Å². The normalized spacial score (nSPS) is 15.0. The molecule has 1 aliphatic rings. The Morgan fingerprint density at radius 2 is 1.75 bits per heavy atom. The van der Waals surface area contributed by atoms with Gasteiger partial charge in [-0.05, 0) is 25.5 Å². The van der Waals surface area contributed by atoms with Crippen molar-refractivity contribution in [1.29, 1.82) is 0 Å². The SMILES string of the molecule is CCN(Cc1ccccc1Cl)C(=O)CN1CCN(CC)C(=O)C1=O. The molecule has 0 saturated carbocycles. The predicted octanol–water partition coefficient (Wildman–Crippen LogP) is 1.38. The van der Waals surface area contributed by atoms with Crippen molar-refractivity contribution in [3.05, 3.63) is 34.9 Å². The fourth-order valence-electron chi connectivity index (χ4n) is 2.64. The number of amides is 3. The van der Waals surface area contributed by atoms with Gasteiger partial charge in [-0.3, -0.25) is 14.4 Å². The molecule has 1 heterocycles. The minimum Gasteiger partial charge on any atom is -0.337 e. The number of hydrogen-bond acceptors (Lipinski definition) is 3. The Morgan fingerprint density at radius 3 is 2.38 bits per heavy atom. The van der Waals surface area contributed by atoms with E-state index in [1.165, 1.54) is 9.80 Å². The first-order valence-corrected chi connectivity index (χ1v) is 8.45. The summed E-state index contributed by atoms with van der Waals surface area (Å²) in [5, 5.41) is 0.603. The van der Waals surface area contributed by atoms with E-state index in [0.29, 0.717) is 37.7 Å². The summed E-state index contributed by atoms with van der Waals surface area (Å²) in [6.07, 6.45) is 0. The molecule has 1 aromatic carbocycles. The van der Waals surface area contributed by atoms with E-state index in [4.69, 9.17) is 11.6 Å². The van der Waals surface area contributed by atoms with E-state index in [9.17, 15) is 14.4 Å². The molecular formula is C17H22ClN3O3. The predicted molar refractivity (Wildman–Crippen MR) is 91.4 cm³/mol. The molecule has 6 nitrogen and oxygen atoms in total. The number of carbonyl (C=O) groups excluding carboxylic acids is 3. The molecule has 3 amide bonds. The third-order valence-electron chi connectivity index (χ3n) is 4.16. The third-order valence-corrected chi connectivity index (χ3v) is 4.53. The standard InChI is InChI=1S/C17H22ClN3O3/c1-3-19-9-10-21(17(24)16(19)23)12-15(22)20(4-2)11-13-7-5-6-8-14(13)18/h5-8H,3-4,9-12H2,1-2H3. The van der Waals surface area contributed by atoms with Crippen LogP contribution in [-0.2, 0) is 20.9 Å². The highest BCUT2D eigenvalue weighted by atomic mass is 35.5. The molecule has 0 bridgehead atoms. The van der Waals surface area contributed by atoms with E-state index in [1.54, 1.807) is 11.0 Å². The summed E-state index contributed by atoms with van der Waals surface area (Å²) >= 11 is 6.14. The molecule has 1 aromatic rings.